The summed E-state index contributed by atoms with van der Waals surface area (Å²) in [6, 6.07) is 35.8. The lowest BCUT2D eigenvalue weighted by atomic mass is 9.95. The monoisotopic (exact) mass is 1120 g/mol. The standard InChI is InChI=1S/2C31H25ClFNO6/c2*1-18(35)22-12-13-24(32)30(33)29(22)23-16-28(37)34(17-27(23)40-2)25(14-19-6-4-3-5-7-19)26(36)15-20-8-10-21(11-9-20)31(38)39/h2*3-13,16-17,25H,14-15H2,1-2H3,(H,38,39)/t2*25-/m10/s1. The maximum Gasteiger partial charge on any atom is 0.335 e. The summed E-state index contributed by atoms with van der Waals surface area (Å²) in [4.78, 5) is 101. The molecule has 2 N–H and O–H groups in total. The largest absolute Gasteiger partial charge is 0.495 e. The SMILES string of the molecule is COc1cn([C@@H](Cc2ccccc2)C(=O)Cc2ccc(C(=O)O)cc2)c(=O)cc1-c1c(C(C)=O)ccc(Cl)c1F.COc1cn([C@H](Cc2ccccc2)C(=O)Cc2ccc(C(=O)O)cc2)c(=O)cc1-c1c(C(C)=O)ccc(Cl)c1F. The molecule has 0 aliphatic rings. The molecule has 8 aromatic rings. The summed E-state index contributed by atoms with van der Waals surface area (Å²) in [6.45, 7) is 2.55. The number of benzene rings is 6. The first-order valence-corrected chi connectivity index (χ1v) is 25.3. The van der Waals surface area contributed by atoms with E-state index in [2.05, 4.69) is 0 Å². The number of nitrogens with zero attached hydrogens (tertiary/aromatic N) is 2. The highest BCUT2D eigenvalue weighted by molar-refractivity contribution is 6.31. The number of carboxylic acid groups (broad SMARTS) is 2. The van der Waals surface area contributed by atoms with E-state index in [1.165, 1.54) is 98.1 Å². The first-order chi connectivity index (χ1) is 38.2. The van der Waals surface area contributed by atoms with E-state index < -0.39 is 58.3 Å². The molecule has 6 aromatic carbocycles. The fourth-order valence-electron chi connectivity index (χ4n) is 9.05. The second-order valence-electron chi connectivity index (χ2n) is 18.4. The number of carbonyl (C=O) groups is 6. The number of carboxylic acids is 2. The van der Waals surface area contributed by atoms with Crippen LogP contribution in [0.15, 0.2) is 168 Å². The Morgan fingerprint density at radius 2 is 0.838 bits per heavy atom. The van der Waals surface area contributed by atoms with Gasteiger partial charge in [-0.2, -0.15) is 0 Å². The van der Waals surface area contributed by atoms with Crippen LogP contribution in [0.25, 0.3) is 22.3 Å². The molecule has 0 unspecified atom stereocenters. The van der Waals surface area contributed by atoms with Gasteiger partial charge in [0.15, 0.2) is 23.1 Å². The third kappa shape index (κ3) is 13.6. The van der Waals surface area contributed by atoms with E-state index in [1.54, 1.807) is 24.3 Å². The molecule has 0 aliphatic heterocycles. The van der Waals surface area contributed by atoms with Crippen molar-refractivity contribution >= 4 is 58.3 Å². The van der Waals surface area contributed by atoms with E-state index >= 15 is 8.78 Å². The highest BCUT2D eigenvalue weighted by Gasteiger charge is 2.29. The van der Waals surface area contributed by atoms with Gasteiger partial charge in [-0.15, -0.1) is 0 Å². The van der Waals surface area contributed by atoms with E-state index in [-0.39, 0.29) is 103 Å². The molecule has 0 radical (unpaired) electrons. The molecule has 0 saturated carbocycles. The van der Waals surface area contributed by atoms with Crippen LogP contribution in [0.5, 0.6) is 11.5 Å². The van der Waals surface area contributed by atoms with Gasteiger partial charge >= 0.3 is 11.9 Å². The fraction of sp³-hybridized carbons (Fsp3) is 0.161. The zero-order valence-corrected chi connectivity index (χ0v) is 44.9. The lowest BCUT2D eigenvalue weighted by molar-refractivity contribution is -0.122. The summed E-state index contributed by atoms with van der Waals surface area (Å²) in [7, 11) is 2.67. The molecule has 408 valence electrons. The molecular weight excluding hydrogens is 1070 g/mol. The number of aromatic nitrogens is 2. The summed E-state index contributed by atoms with van der Waals surface area (Å²) >= 11 is 12.0. The maximum atomic E-state index is 15.2. The van der Waals surface area contributed by atoms with Gasteiger partial charge in [0.1, 0.15) is 23.1 Å². The van der Waals surface area contributed by atoms with Gasteiger partial charge in [-0.3, -0.25) is 28.8 Å². The smallest absolute Gasteiger partial charge is 0.335 e. The molecular formula is C62H50Cl2F2N2O12. The molecule has 0 aliphatic carbocycles. The average molecular weight is 1120 g/mol. The van der Waals surface area contributed by atoms with Gasteiger partial charge in [0.25, 0.3) is 11.1 Å². The van der Waals surface area contributed by atoms with Crippen LogP contribution in [0.1, 0.15) is 89.6 Å². The van der Waals surface area contributed by atoms with Crippen LogP contribution in [-0.4, -0.2) is 68.6 Å². The molecule has 2 aromatic heterocycles. The average Bonchev–Trinajstić information content (AvgIpc) is 3.47. The van der Waals surface area contributed by atoms with Crippen molar-refractivity contribution in [3.05, 3.63) is 245 Å². The van der Waals surface area contributed by atoms with Gasteiger partial charge in [-0.25, -0.2) is 18.4 Å². The number of hydrogen-bond donors (Lipinski definition) is 2. The molecule has 0 amide bonds. The minimum absolute atomic E-state index is 0.0269. The van der Waals surface area contributed by atoms with Gasteiger partial charge in [-0.1, -0.05) is 108 Å². The minimum Gasteiger partial charge on any atom is -0.495 e. The van der Waals surface area contributed by atoms with Crippen LogP contribution < -0.4 is 20.6 Å². The Morgan fingerprint density at radius 3 is 1.14 bits per heavy atom. The summed E-state index contributed by atoms with van der Waals surface area (Å²) < 4.78 is 43.9. The van der Waals surface area contributed by atoms with Crippen LogP contribution in [0.3, 0.4) is 0 Å². The van der Waals surface area contributed by atoms with E-state index in [0.717, 1.165) is 23.3 Å². The molecule has 0 bridgehead atoms. The van der Waals surface area contributed by atoms with E-state index in [1.807, 2.05) is 60.7 Å². The Bertz CT molecular complexity index is 3540. The van der Waals surface area contributed by atoms with Crippen molar-refractivity contribution in [2.24, 2.45) is 0 Å². The van der Waals surface area contributed by atoms with Gasteiger partial charge in [0.2, 0.25) is 0 Å². The lowest BCUT2D eigenvalue weighted by Crippen LogP contribution is -2.32. The first-order valence-electron chi connectivity index (χ1n) is 24.6. The highest BCUT2D eigenvalue weighted by atomic mass is 35.5. The second-order valence-corrected chi connectivity index (χ2v) is 19.2. The van der Waals surface area contributed by atoms with Crippen molar-refractivity contribution in [2.45, 2.75) is 51.6 Å². The van der Waals surface area contributed by atoms with Gasteiger partial charge in [0.05, 0.1) is 59.9 Å². The molecule has 80 heavy (non-hydrogen) atoms. The number of ketones is 4. The number of ether oxygens (including phenoxy) is 2. The molecule has 8 rings (SSSR count). The van der Waals surface area contributed by atoms with Crippen LogP contribution >= 0.6 is 23.2 Å². The van der Waals surface area contributed by atoms with Crippen molar-refractivity contribution in [1.29, 1.82) is 0 Å². The predicted molar refractivity (Wildman–Crippen MR) is 298 cm³/mol. The number of halogens is 4. The number of methoxy groups -OCH3 is 2. The summed E-state index contributed by atoms with van der Waals surface area (Å²) in [6.07, 6.45) is 2.90. The van der Waals surface area contributed by atoms with E-state index in [4.69, 9.17) is 42.9 Å². The molecule has 2 heterocycles. The summed E-state index contributed by atoms with van der Waals surface area (Å²) in [5.41, 5.74) is 1.52. The summed E-state index contributed by atoms with van der Waals surface area (Å²) in [5, 5.41) is 17.9. The third-order valence-corrected chi connectivity index (χ3v) is 13.7. The normalized spacial score (nSPS) is 11.6. The van der Waals surface area contributed by atoms with Gasteiger partial charge in [0, 0.05) is 71.2 Å². The van der Waals surface area contributed by atoms with Crippen molar-refractivity contribution in [2.75, 3.05) is 14.2 Å². The lowest BCUT2D eigenvalue weighted by Gasteiger charge is -2.22. The Kier molecular flexibility index (Phi) is 19.0. The number of Topliss-reactive ketones (excluding diaryl/α,β-unsaturated/α-hetero) is 4. The van der Waals surface area contributed by atoms with Crippen LogP contribution in [0.4, 0.5) is 8.78 Å². The van der Waals surface area contributed by atoms with E-state index in [0.29, 0.717) is 11.1 Å². The van der Waals surface area contributed by atoms with Crippen molar-refractivity contribution in [1.82, 2.24) is 9.13 Å². The molecule has 2 atom stereocenters. The quantitative estimate of drug-likeness (QED) is 0.0684. The topological polar surface area (TPSA) is 205 Å². The Morgan fingerprint density at radius 1 is 0.500 bits per heavy atom. The van der Waals surface area contributed by atoms with Gasteiger partial charge in [-0.05, 0) is 84.6 Å². The van der Waals surface area contributed by atoms with E-state index in [9.17, 15) is 38.4 Å². The third-order valence-electron chi connectivity index (χ3n) is 13.1. The summed E-state index contributed by atoms with van der Waals surface area (Å²) in [5.74, 6) is -5.22. The number of pyridine rings is 2. The van der Waals surface area contributed by atoms with Crippen LogP contribution in [0, 0.1) is 11.6 Å². The first kappa shape index (κ1) is 58.6. The number of aromatic carboxylic acids is 2. The number of rotatable bonds is 20. The molecule has 0 saturated heterocycles. The van der Waals surface area contributed by atoms with Crippen molar-refractivity contribution in [3.8, 4) is 33.8 Å². The molecule has 14 nitrogen and oxygen atoms in total. The molecule has 0 fully saturated rings. The van der Waals surface area contributed by atoms with Crippen LogP contribution in [-0.2, 0) is 35.3 Å². The zero-order valence-electron chi connectivity index (χ0n) is 43.4. The Hall–Kier alpha value is -9.12. The minimum atomic E-state index is -1.08. The van der Waals surface area contributed by atoms with Gasteiger partial charge < -0.3 is 28.8 Å². The molecule has 18 heteroatoms. The Balaban J connectivity index is 0.000000231. The fourth-order valence-corrected chi connectivity index (χ4v) is 9.37. The predicted octanol–water partition coefficient (Wildman–Crippen LogP) is 11.6. The van der Waals surface area contributed by atoms with Crippen molar-refractivity contribution in [3.63, 3.8) is 0 Å². The molecule has 0 spiro atoms. The second kappa shape index (κ2) is 26.0. The number of hydrogen-bond acceptors (Lipinski definition) is 10. The van der Waals surface area contributed by atoms with Crippen molar-refractivity contribution < 1.29 is 57.2 Å². The zero-order chi connectivity index (χ0) is 57.9. The number of carbonyl (C=O) groups excluding carboxylic acids is 4. The van der Waals surface area contributed by atoms with Crippen LogP contribution in [0.2, 0.25) is 10.0 Å². The highest BCUT2D eigenvalue weighted by Crippen LogP contribution is 2.39. The maximum absolute atomic E-state index is 15.2. The Labute approximate surface area is 467 Å².